The van der Waals surface area contributed by atoms with Crippen molar-refractivity contribution in [2.24, 2.45) is 0 Å². The van der Waals surface area contributed by atoms with Gasteiger partial charge in [-0.2, -0.15) is 9.57 Å². The van der Waals surface area contributed by atoms with Crippen molar-refractivity contribution < 1.29 is 22.7 Å². The average molecular weight is 365 g/mol. The van der Waals surface area contributed by atoms with Crippen LogP contribution < -0.4 is 0 Å². The van der Waals surface area contributed by atoms with Gasteiger partial charge in [-0.15, -0.1) is 0 Å². The first-order valence-electron chi connectivity index (χ1n) is 7.80. The van der Waals surface area contributed by atoms with Gasteiger partial charge in [0, 0.05) is 32.6 Å². The van der Waals surface area contributed by atoms with E-state index in [1.807, 2.05) is 0 Å². The smallest absolute Gasteiger partial charge is 0.307 e. The number of hydrogen-bond donors (Lipinski definition) is 0. The molecule has 1 amide bonds. The third-order valence-corrected chi connectivity index (χ3v) is 5.73. The number of nitrogens with zero attached hydrogens (tertiary/aromatic N) is 3. The Morgan fingerprint density at radius 3 is 2.32 bits per heavy atom. The number of carbonyl (C=O) groups is 2. The normalized spacial score (nSPS) is 15.4. The zero-order chi connectivity index (χ0) is 18.3. The van der Waals surface area contributed by atoms with Crippen LogP contribution in [-0.2, 0) is 24.3 Å². The molecule has 9 heteroatoms. The lowest BCUT2D eigenvalue weighted by atomic mass is 10.2. The second-order valence-corrected chi connectivity index (χ2v) is 7.35. The standard InChI is InChI=1S/C16H19N3O5S/c17-8-13-24-16(21)7-6-15(20)18-9-11-19(12-10-18)25(22,23)14-4-2-1-3-5-14/h1-5H,6-7,9-13H2. The van der Waals surface area contributed by atoms with Crippen molar-refractivity contribution in [2.45, 2.75) is 17.7 Å². The zero-order valence-electron chi connectivity index (χ0n) is 13.6. The fraction of sp³-hybridized carbons (Fsp3) is 0.438. The lowest BCUT2D eigenvalue weighted by molar-refractivity contribution is -0.145. The van der Waals surface area contributed by atoms with E-state index in [2.05, 4.69) is 4.74 Å². The topological polar surface area (TPSA) is 108 Å². The molecule has 1 fully saturated rings. The number of sulfonamides is 1. The molecule has 8 nitrogen and oxygen atoms in total. The van der Waals surface area contributed by atoms with Gasteiger partial charge in [0.25, 0.3) is 0 Å². The Hall–Kier alpha value is -2.44. The van der Waals surface area contributed by atoms with Crippen molar-refractivity contribution in [1.29, 1.82) is 5.26 Å². The summed E-state index contributed by atoms with van der Waals surface area (Å²) in [5, 5.41) is 8.31. The van der Waals surface area contributed by atoms with Crippen LogP contribution in [0.2, 0.25) is 0 Å². The first-order valence-corrected chi connectivity index (χ1v) is 9.24. The highest BCUT2D eigenvalue weighted by Gasteiger charge is 2.29. The Morgan fingerprint density at radius 2 is 1.72 bits per heavy atom. The summed E-state index contributed by atoms with van der Waals surface area (Å²) < 4.78 is 31.0. The van der Waals surface area contributed by atoms with Crippen molar-refractivity contribution in [3.8, 4) is 6.07 Å². The number of nitriles is 1. The Bertz CT molecular complexity index is 750. The van der Waals surface area contributed by atoms with E-state index >= 15 is 0 Å². The van der Waals surface area contributed by atoms with Crippen LogP contribution in [-0.4, -0.2) is 62.3 Å². The van der Waals surface area contributed by atoms with Gasteiger partial charge in [-0.05, 0) is 12.1 Å². The van der Waals surface area contributed by atoms with E-state index in [1.54, 1.807) is 36.4 Å². The SMILES string of the molecule is N#CCOC(=O)CCC(=O)N1CCN(S(=O)(=O)c2ccccc2)CC1. The van der Waals surface area contributed by atoms with E-state index in [9.17, 15) is 18.0 Å². The predicted octanol–water partition coefficient (Wildman–Crippen LogP) is 0.366. The minimum Gasteiger partial charge on any atom is -0.450 e. The van der Waals surface area contributed by atoms with E-state index in [-0.39, 0.29) is 56.4 Å². The fourth-order valence-electron chi connectivity index (χ4n) is 2.47. The summed E-state index contributed by atoms with van der Waals surface area (Å²) >= 11 is 0. The Kier molecular flexibility index (Phi) is 6.50. The summed E-state index contributed by atoms with van der Waals surface area (Å²) in [6.45, 7) is 0.642. The lowest BCUT2D eigenvalue weighted by Gasteiger charge is -2.34. The quantitative estimate of drug-likeness (QED) is 0.674. The van der Waals surface area contributed by atoms with E-state index in [0.717, 1.165) is 0 Å². The highest BCUT2D eigenvalue weighted by Crippen LogP contribution is 2.17. The zero-order valence-corrected chi connectivity index (χ0v) is 14.4. The molecule has 0 bridgehead atoms. The van der Waals surface area contributed by atoms with Gasteiger partial charge in [-0.3, -0.25) is 9.59 Å². The second kappa shape index (κ2) is 8.60. The van der Waals surface area contributed by atoms with Crippen LogP contribution in [0.25, 0.3) is 0 Å². The summed E-state index contributed by atoms with van der Waals surface area (Å²) in [4.78, 5) is 25.2. The molecule has 0 unspecified atom stereocenters. The molecule has 25 heavy (non-hydrogen) atoms. The molecule has 0 spiro atoms. The molecule has 1 aliphatic rings. The van der Waals surface area contributed by atoms with Gasteiger partial charge in [0.2, 0.25) is 15.9 Å². The van der Waals surface area contributed by atoms with E-state index < -0.39 is 16.0 Å². The fourth-order valence-corrected chi connectivity index (χ4v) is 3.91. The van der Waals surface area contributed by atoms with E-state index in [1.165, 1.54) is 9.21 Å². The van der Waals surface area contributed by atoms with Crippen molar-refractivity contribution >= 4 is 21.9 Å². The van der Waals surface area contributed by atoms with Gasteiger partial charge in [-0.25, -0.2) is 8.42 Å². The Balaban J connectivity index is 1.84. The summed E-state index contributed by atoms with van der Waals surface area (Å²) in [5.74, 6) is -0.828. The monoisotopic (exact) mass is 365 g/mol. The van der Waals surface area contributed by atoms with Crippen molar-refractivity contribution in [3.63, 3.8) is 0 Å². The predicted molar refractivity (Wildman–Crippen MR) is 87.6 cm³/mol. The second-order valence-electron chi connectivity index (χ2n) is 5.42. The van der Waals surface area contributed by atoms with Gasteiger partial charge in [0.1, 0.15) is 6.07 Å². The number of ether oxygens (including phenoxy) is 1. The molecular weight excluding hydrogens is 346 g/mol. The van der Waals surface area contributed by atoms with Crippen LogP contribution in [0.3, 0.4) is 0 Å². The molecule has 0 atom stereocenters. The van der Waals surface area contributed by atoms with E-state index in [0.29, 0.717) is 0 Å². The van der Waals surface area contributed by atoms with Gasteiger partial charge in [-0.1, -0.05) is 18.2 Å². The summed E-state index contributed by atoms with van der Waals surface area (Å²) in [5.41, 5.74) is 0. The first kappa shape index (κ1) is 18.9. The molecule has 134 valence electrons. The molecule has 1 heterocycles. The number of hydrogen-bond acceptors (Lipinski definition) is 6. The van der Waals surface area contributed by atoms with Crippen LogP contribution in [0.5, 0.6) is 0 Å². The molecule has 0 aliphatic carbocycles. The third-order valence-electron chi connectivity index (χ3n) is 3.81. The van der Waals surface area contributed by atoms with Crippen LogP contribution in [0.4, 0.5) is 0 Å². The Morgan fingerprint density at radius 1 is 1.08 bits per heavy atom. The van der Waals surface area contributed by atoms with Crippen LogP contribution in [0.15, 0.2) is 35.2 Å². The maximum Gasteiger partial charge on any atom is 0.307 e. The number of benzene rings is 1. The molecule has 1 saturated heterocycles. The minimum absolute atomic E-state index is 0.0182. The van der Waals surface area contributed by atoms with Gasteiger partial charge >= 0.3 is 5.97 Å². The summed E-state index contributed by atoms with van der Waals surface area (Å²) in [7, 11) is -3.56. The molecular formula is C16H19N3O5S. The molecule has 1 aliphatic heterocycles. The maximum atomic E-state index is 12.5. The maximum absolute atomic E-state index is 12.5. The molecule has 0 N–H and O–H groups in total. The minimum atomic E-state index is -3.56. The summed E-state index contributed by atoms with van der Waals surface area (Å²) in [6, 6.07) is 9.84. The summed E-state index contributed by atoms with van der Waals surface area (Å²) in [6.07, 6.45) is -0.112. The number of amides is 1. The third kappa shape index (κ3) is 5.01. The largest absolute Gasteiger partial charge is 0.450 e. The first-order chi connectivity index (χ1) is 11.9. The average Bonchev–Trinajstić information content (AvgIpc) is 2.65. The van der Waals surface area contributed by atoms with E-state index in [4.69, 9.17) is 5.26 Å². The van der Waals surface area contributed by atoms with Gasteiger partial charge in [0.15, 0.2) is 6.61 Å². The number of carbonyl (C=O) groups excluding carboxylic acids is 2. The van der Waals surface area contributed by atoms with Crippen LogP contribution in [0, 0.1) is 11.3 Å². The molecule has 0 saturated carbocycles. The molecule has 0 aromatic heterocycles. The molecule has 0 radical (unpaired) electrons. The van der Waals surface area contributed by atoms with Crippen molar-refractivity contribution in [3.05, 3.63) is 30.3 Å². The van der Waals surface area contributed by atoms with Gasteiger partial charge < -0.3 is 9.64 Å². The molecule has 1 aromatic rings. The number of rotatable bonds is 6. The van der Waals surface area contributed by atoms with Crippen molar-refractivity contribution in [2.75, 3.05) is 32.8 Å². The number of esters is 1. The van der Waals surface area contributed by atoms with Crippen LogP contribution >= 0.6 is 0 Å². The van der Waals surface area contributed by atoms with Gasteiger partial charge in [0.05, 0.1) is 11.3 Å². The highest BCUT2D eigenvalue weighted by molar-refractivity contribution is 7.89. The number of piperazine rings is 1. The van der Waals surface area contributed by atoms with Crippen molar-refractivity contribution in [1.82, 2.24) is 9.21 Å². The highest BCUT2D eigenvalue weighted by atomic mass is 32.2. The molecule has 2 rings (SSSR count). The van der Waals surface area contributed by atoms with Crippen LogP contribution in [0.1, 0.15) is 12.8 Å². The molecule has 1 aromatic carbocycles. The Labute approximate surface area is 146 Å². The lowest BCUT2D eigenvalue weighted by Crippen LogP contribution is -2.50.